The van der Waals surface area contributed by atoms with Gasteiger partial charge in [-0.2, -0.15) is 0 Å². The highest BCUT2D eigenvalue weighted by atomic mass is 32.1. The first-order chi connectivity index (χ1) is 11.8. The molecule has 1 N–H and O–H groups in total. The van der Waals surface area contributed by atoms with Gasteiger partial charge in [0.25, 0.3) is 0 Å². The summed E-state index contributed by atoms with van der Waals surface area (Å²) in [5.74, 6) is 0.154. The lowest BCUT2D eigenvalue weighted by Crippen LogP contribution is -2.43. The maximum atomic E-state index is 12.2. The summed E-state index contributed by atoms with van der Waals surface area (Å²) in [7, 11) is 0. The molecule has 0 spiro atoms. The third-order valence-electron chi connectivity index (χ3n) is 4.26. The molecule has 0 radical (unpaired) electrons. The van der Waals surface area contributed by atoms with E-state index in [0.717, 1.165) is 39.1 Å². The number of carbonyl (C=O) groups is 1. The second-order valence-corrected chi connectivity index (χ2v) is 7.93. The highest BCUT2D eigenvalue weighted by Gasteiger charge is 2.23. The molecule has 130 valence electrons. The number of nitrogens with one attached hydrogen (secondary N) is 1. The topological polar surface area (TPSA) is 41.6 Å². The summed E-state index contributed by atoms with van der Waals surface area (Å²) in [6.07, 6.45) is 2.49. The van der Waals surface area contributed by atoms with Crippen molar-refractivity contribution >= 4 is 28.6 Å². The first-order valence-corrected chi connectivity index (χ1v) is 10.2. The molecule has 24 heavy (non-hydrogen) atoms. The van der Waals surface area contributed by atoms with Crippen LogP contribution in [0, 0.1) is 0 Å². The predicted octanol–water partition coefficient (Wildman–Crippen LogP) is 3.32. The average molecular weight is 365 g/mol. The maximum Gasteiger partial charge on any atom is 0.220 e. The van der Waals surface area contributed by atoms with Gasteiger partial charge in [0.15, 0.2) is 0 Å². The molecule has 1 fully saturated rings. The van der Waals surface area contributed by atoms with E-state index in [-0.39, 0.29) is 11.9 Å². The summed E-state index contributed by atoms with van der Waals surface area (Å²) < 4.78 is 5.46. The van der Waals surface area contributed by atoms with Crippen molar-refractivity contribution in [2.75, 3.05) is 32.8 Å². The van der Waals surface area contributed by atoms with Crippen LogP contribution >= 0.6 is 22.7 Å². The molecule has 6 heteroatoms. The Kier molecular flexibility index (Phi) is 6.84. The Bertz CT molecular complexity index is 593. The van der Waals surface area contributed by atoms with E-state index in [1.165, 1.54) is 9.75 Å². The quantitative estimate of drug-likeness (QED) is 0.781. The van der Waals surface area contributed by atoms with E-state index in [1.54, 1.807) is 22.7 Å². The molecule has 0 aromatic carbocycles. The number of thiophene rings is 2. The van der Waals surface area contributed by atoms with Gasteiger partial charge in [0.05, 0.1) is 19.3 Å². The van der Waals surface area contributed by atoms with E-state index in [2.05, 4.69) is 45.2 Å². The third-order valence-corrected chi connectivity index (χ3v) is 6.17. The minimum Gasteiger partial charge on any atom is -0.379 e. The van der Waals surface area contributed by atoms with Gasteiger partial charge in [0.1, 0.15) is 0 Å². The van der Waals surface area contributed by atoms with Crippen LogP contribution in [-0.2, 0) is 16.0 Å². The van der Waals surface area contributed by atoms with Gasteiger partial charge in [-0.25, -0.2) is 0 Å². The molecule has 1 amide bonds. The normalized spacial score (nSPS) is 16.8. The molecule has 1 saturated heterocycles. The first kappa shape index (κ1) is 17.6. The molecular formula is C18H24N2O2S2. The largest absolute Gasteiger partial charge is 0.379 e. The average Bonchev–Trinajstić information content (AvgIpc) is 3.30. The summed E-state index contributed by atoms with van der Waals surface area (Å²) in [5.41, 5.74) is 0. The zero-order valence-electron chi connectivity index (χ0n) is 13.8. The van der Waals surface area contributed by atoms with E-state index in [9.17, 15) is 4.79 Å². The molecule has 1 atom stereocenters. The molecule has 1 aliphatic heterocycles. The summed E-state index contributed by atoms with van der Waals surface area (Å²) in [4.78, 5) is 17.3. The number of morpholine rings is 1. The minimum absolute atomic E-state index is 0.154. The lowest BCUT2D eigenvalue weighted by molar-refractivity contribution is -0.121. The monoisotopic (exact) mass is 364 g/mol. The second-order valence-electron chi connectivity index (χ2n) is 5.92. The Balaban J connectivity index is 1.46. The van der Waals surface area contributed by atoms with E-state index in [0.29, 0.717) is 13.0 Å². The number of rotatable bonds is 8. The van der Waals surface area contributed by atoms with Crippen LogP contribution in [0.2, 0.25) is 0 Å². The summed E-state index contributed by atoms with van der Waals surface area (Å²) >= 11 is 3.52. The number of nitrogens with zero attached hydrogens (tertiary/aromatic N) is 1. The van der Waals surface area contributed by atoms with Crippen LogP contribution in [0.25, 0.3) is 0 Å². The van der Waals surface area contributed by atoms with Crippen molar-refractivity contribution in [3.63, 3.8) is 0 Å². The summed E-state index contributed by atoms with van der Waals surface area (Å²) in [5, 5.41) is 7.33. The van der Waals surface area contributed by atoms with Gasteiger partial charge >= 0.3 is 0 Å². The van der Waals surface area contributed by atoms with Crippen LogP contribution in [0.1, 0.15) is 28.6 Å². The fraction of sp³-hybridized carbons (Fsp3) is 0.500. The number of hydrogen-bond acceptors (Lipinski definition) is 5. The van der Waals surface area contributed by atoms with Crippen molar-refractivity contribution in [3.8, 4) is 0 Å². The van der Waals surface area contributed by atoms with Crippen LogP contribution in [0.5, 0.6) is 0 Å². The molecule has 3 heterocycles. The number of amides is 1. The van der Waals surface area contributed by atoms with Gasteiger partial charge in [0, 0.05) is 35.8 Å². The van der Waals surface area contributed by atoms with Gasteiger partial charge in [-0.1, -0.05) is 12.1 Å². The summed E-state index contributed by atoms with van der Waals surface area (Å²) in [6, 6.07) is 8.70. The molecule has 0 saturated carbocycles. The van der Waals surface area contributed by atoms with Crippen LogP contribution in [0.4, 0.5) is 0 Å². The standard InChI is InChI=1S/C18H24N2O2S2/c21-18(7-1-4-15-5-2-12-23-15)19-14-16(17-6-3-13-24-17)20-8-10-22-11-9-20/h2-3,5-6,12-13,16H,1,4,7-11,14H2,(H,19,21)/t16-/m0/s1. The minimum atomic E-state index is 0.154. The third kappa shape index (κ3) is 5.14. The summed E-state index contributed by atoms with van der Waals surface area (Å²) in [6.45, 7) is 4.08. The van der Waals surface area contributed by atoms with Gasteiger partial charge in [0.2, 0.25) is 5.91 Å². The van der Waals surface area contributed by atoms with Crippen molar-refractivity contribution in [3.05, 3.63) is 44.8 Å². The van der Waals surface area contributed by atoms with Crippen LogP contribution < -0.4 is 5.32 Å². The number of carbonyl (C=O) groups excluding carboxylic acids is 1. The zero-order chi connectivity index (χ0) is 16.6. The number of hydrogen-bond donors (Lipinski definition) is 1. The maximum absolute atomic E-state index is 12.2. The zero-order valence-corrected chi connectivity index (χ0v) is 15.4. The van der Waals surface area contributed by atoms with Crippen molar-refractivity contribution in [2.24, 2.45) is 0 Å². The van der Waals surface area contributed by atoms with E-state index in [4.69, 9.17) is 4.74 Å². The van der Waals surface area contributed by atoms with E-state index < -0.39 is 0 Å². The molecule has 0 aliphatic carbocycles. The van der Waals surface area contributed by atoms with Gasteiger partial charge in [-0.3, -0.25) is 9.69 Å². The van der Waals surface area contributed by atoms with Crippen LogP contribution in [-0.4, -0.2) is 43.7 Å². The van der Waals surface area contributed by atoms with Crippen molar-refractivity contribution < 1.29 is 9.53 Å². The second kappa shape index (κ2) is 9.32. The van der Waals surface area contributed by atoms with Gasteiger partial charge < -0.3 is 10.1 Å². The lowest BCUT2D eigenvalue weighted by Gasteiger charge is -2.34. The van der Waals surface area contributed by atoms with Gasteiger partial charge in [-0.15, -0.1) is 22.7 Å². The SMILES string of the molecule is O=C(CCCc1cccs1)NC[C@@H](c1cccs1)N1CCOCC1. The van der Waals surface area contributed by atoms with Crippen molar-refractivity contribution in [1.82, 2.24) is 10.2 Å². The molecular weight excluding hydrogens is 340 g/mol. The Hall–Kier alpha value is -1.21. The highest BCUT2D eigenvalue weighted by molar-refractivity contribution is 7.10. The van der Waals surface area contributed by atoms with Crippen LogP contribution in [0.3, 0.4) is 0 Å². The Morgan fingerprint density at radius 2 is 2.00 bits per heavy atom. The Morgan fingerprint density at radius 3 is 2.71 bits per heavy atom. The molecule has 0 unspecified atom stereocenters. The fourth-order valence-electron chi connectivity index (χ4n) is 2.96. The Labute approximate surface area is 151 Å². The smallest absolute Gasteiger partial charge is 0.220 e. The Morgan fingerprint density at radius 1 is 1.21 bits per heavy atom. The highest BCUT2D eigenvalue weighted by Crippen LogP contribution is 2.25. The van der Waals surface area contributed by atoms with Crippen molar-refractivity contribution in [2.45, 2.75) is 25.3 Å². The molecule has 2 aromatic rings. The lowest BCUT2D eigenvalue weighted by atomic mass is 10.1. The van der Waals surface area contributed by atoms with Crippen LogP contribution in [0.15, 0.2) is 35.0 Å². The molecule has 0 bridgehead atoms. The van der Waals surface area contributed by atoms with E-state index >= 15 is 0 Å². The van der Waals surface area contributed by atoms with E-state index in [1.807, 2.05) is 0 Å². The molecule has 2 aromatic heterocycles. The number of ether oxygens (including phenoxy) is 1. The number of aryl methyl sites for hydroxylation is 1. The van der Waals surface area contributed by atoms with Crippen molar-refractivity contribution in [1.29, 1.82) is 0 Å². The molecule has 3 rings (SSSR count). The molecule has 1 aliphatic rings. The predicted molar refractivity (Wildman–Crippen MR) is 99.7 cm³/mol. The first-order valence-electron chi connectivity index (χ1n) is 8.47. The molecule has 4 nitrogen and oxygen atoms in total. The fourth-order valence-corrected chi connectivity index (χ4v) is 4.57. The van der Waals surface area contributed by atoms with Gasteiger partial charge in [-0.05, 0) is 35.7 Å².